The van der Waals surface area contributed by atoms with Gasteiger partial charge in [-0.2, -0.15) is 0 Å². The lowest BCUT2D eigenvalue weighted by molar-refractivity contribution is -0.136. The van der Waals surface area contributed by atoms with Crippen LogP contribution in [0.5, 0.6) is 0 Å². The van der Waals surface area contributed by atoms with Crippen molar-refractivity contribution in [2.45, 2.75) is 6.42 Å². The van der Waals surface area contributed by atoms with Crippen molar-refractivity contribution in [2.24, 2.45) is 0 Å². The van der Waals surface area contributed by atoms with Crippen LogP contribution >= 0.6 is 0 Å². The lowest BCUT2D eigenvalue weighted by Crippen LogP contribution is -1.99. The van der Waals surface area contributed by atoms with Gasteiger partial charge in [0.25, 0.3) is 0 Å². The van der Waals surface area contributed by atoms with Crippen LogP contribution in [0.2, 0.25) is 0 Å². The van der Waals surface area contributed by atoms with Gasteiger partial charge in [-0.3, -0.25) is 4.79 Å². The van der Waals surface area contributed by atoms with Crippen molar-refractivity contribution in [3.63, 3.8) is 0 Å². The molecule has 0 radical (unpaired) electrons. The number of carboxylic acids is 1. The van der Waals surface area contributed by atoms with E-state index < -0.39 is 5.97 Å². The first-order valence-corrected chi connectivity index (χ1v) is 4.02. The smallest absolute Gasteiger partial charge is 0.312 e. The maximum Gasteiger partial charge on any atom is 0.312 e. The number of nitrogens with two attached hydrogens (primary N) is 1. The van der Waals surface area contributed by atoms with Crippen LogP contribution in [0, 0.1) is 0 Å². The van der Waals surface area contributed by atoms with Gasteiger partial charge in [0.05, 0.1) is 5.69 Å². The van der Waals surface area contributed by atoms with Crippen LogP contribution in [0.4, 0.5) is 5.69 Å². The molecule has 5 nitrogen and oxygen atoms in total. The third-order valence-electron chi connectivity index (χ3n) is 1.80. The lowest BCUT2D eigenvalue weighted by atomic mass is 10.3. The average molecular weight is 192 g/mol. The molecule has 0 unspecified atom stereocenters. The van der Waals surface area contributed by atoms with Gasteiger partial charge < -0.3 is 15.3 Å². The minimum absolute atomic E-state index is 0.172. The molecule has 1 aromatic carbocycles. The molecule has 0 saturated carbocycles. The molecule has 2 rings (SSSR count). The molecule has 3 N–H and O–H groups in total. The number of hydrogen-bond donors (Lipinski definition) is 2. The number of anilines is 1. The fraction of sp³-hybridized carbons (Fsp3) is 0.111. The Morgan fingerprint density at radius 1 is 1.57 bits per heavy atom. The minimum Gasteiger partial charge on any atom is -0.481 e. The quantitative estimate of drug-likeness (QED) is 0.694. The maximum absolute atomic E-state index is 10.4. The minimum atomic E-state index is -0.977. The molecular formula is C9H8N2O3. The normalized spacial score (nSPS) is 10.6. The van der Waals surface area contributed by atoms with E-state index >= 15 is 0 Å². The van der Waals surface area contributed by atoms with Crippen LogP contribution < -0.4 is 5.73 Å². The van der Waals surface area contributed by atoms with Crippen LogP contribution in [0.1, 0.15) is 5.89 Å². The Bertz CT molecular complexity index is 490. The Hall–Kier alpha value is -2.04. The third kappa shape index (κ3) is 1.39. The molecule has 72 valence electrons. The van der Waals surface area contributed by atoms with Crippen LogP contribution in [0.3, 0.4) is 0 Å². The monoisotopic (exact) mass is 192 g/mol. The Morgan fingerprint density at radius 2 is 2.36 bits per heavy atom. The van der Waals surface area contributed by atoms with Crippen molar-refractivity contribution < 1.29 is 14.3 Å². The summed E-state index contributed by atoms with van der Waals surface area (Å²) in [5.74, 6) is -0.805. The van der Waals surface area contributed by atoms with E-state index in [4.69, 9.17) is 15.3 Å². The summed E-state index contributed by atoms with van der Waals surface area (Å²) in [5.41, 5.74) is 7.15. The summed E-state index contributed by atoms with van der Waals surface area (Å²) < 4.78 is 5.19. The van der Waals surface area contributed by atoms with Gasteiger partial charge >= 0.3 is 5.97 Å². The number of nitrogen functional groups attached to an aromatic ring is 1. The molecular weight excluding hydrogens is 184 g/mol. The lowest BCUT2D eigenvalue weighted by Gasteiger charge is -1.89. The first-order chi connectivity index (χ1) is 6.66. The molecule has 14 heavy (non-hydrogen) atoms. The summed E-state index contributed by atoms with van der Waals surface area (Å²) in [7, 11) is 0. The zero-order valence-corrected chi connectivity index (χ0v) is 7.23. The number of para-hydroxylation sites is 1. The van der Waals surface area contributed by atoms with Crippen molar-refractivity contribution in [3.8, 4) is 0 Å². The third-order valence-corrected chi connectivity index (χ3v) is 1.80. The molecule has 1 heterocycles. The highest BCUT2D eigenvalue weighted by Crippen LogP contribution is 2.21. The molecule has 0 aliphatic rings. The predicted octanol–water partition coefficient (Wildman–Crippen LogP) is 1.04. The second kappa shape index (κ2) is 3.02. The summed E-state index contributed by atoms with van der Waals surface area (Å²) in [6, 6.07) is 5.12. The number of hydrogen-bond acceptors (Lipinski definition) is 4. The van der Waals surface area contributed by atoms with Crippen LogP contribution in [-0.4, -0.2) is 16.1 Å². The van der Waals surface area contributed by atoms with Gasteiger partial charge in [-0.25, -0.2) is 4.98 Å². The molecule has 0 aliphatic carbocycles. The van der Waals surface area contributed by atoms with Gasteiger partial charge in [-0.05, 0) is 12.1 Å². The van der Waals surface area contributed by atoms with Gasteiger partial charge in [-0.15, -0.1) is 0 Å². The van der Waals surface area contributed by atoms with E-state index in [1.807, 2.05) is 0 Å². The van der Waals surface area contributed by atoms with Crippen molar-refractivity contribution >= 4 is 22.8 Å². The van der Waals surface area contributed by atoms with E-state index in [2.05, 4.69) is 4.98 Å². The van der Waals surface area contributed by atoms with E-state index in [1.165, 1.54) is 0 Å². The number of carboxylic acid groups (broad SMARTS) is 1. The standard InChI is InChI=1S/C9H8N2O3/c10-5-2-1-3-6-9(5)11-7(14-6)4-8(12)13/h1-3H,4,10H2,(H,12,13). The van der Waals surface area contributed by atoms with Crippen molar-refractivity contribution in [3.05, 3.63) is 24.1 Å². The van der Waals surface area contributed by atoms with Gasteiger partial charge in [0, 0.05) is 0 Å². The van der Waals surface area contributed by atoms with E-state index in [0.717, 1.165) is 0 Å². The zero-order chi connectivity index (χ0) is 10.1. The van der Waals surface area contributed by atoms with Crippen molar-refractivity contribution in [1.29, 1.82) is 0 Å². The Kier molecular flexibility index (Phi) is 1.85. The average Bonchev–Trinajstić information content (AvgIpc) is 2.47. The topological polar surface area (TPSA) is 89.3 Å². The highest BCUT2D eigenvalue weighted by atomic mass is 16.4. The Balaban J connectivity index is 2.51. The maximum atomic E-state index is 10.4. The highest BCUT2D eigenvalue weighted by molar-refractivity contribution is 5.85. The number of benzene rings is 1. The molecule has 1 aromatic heterocycles. The molecule has 5 heteroatoms. The summed E-state index contributed by atoms with van der Waals surface area (Å²) in [5, 5.41) is 8.53. The first-order valence-electron chi connectivity index (χ1n) is 4.02. The van der Waals surface area contributed by atoms with Gasteiger partial charge in [0.15, 0.2) is 5.58 Å². The number of carbonyl (C=O) groups is 1. The molecule has 2 aromatic rings. The van der Waals surface area contributed by atoms with Crippen LogP contribution in [0.15, 0.2) is 22.6 Å². The van der Waals surface area contributed by atoms with E-state index in [1.54, 1.807) is 18.2 Å². The molecule has 0 aliphatic heterocycles. The number of oxazole rings is 1. The number of fused-ring (bicyclic) bond motifs is 1. The van der Waals surface area contributed by atoms with Gasteiger partial charge in [0.2, 0.25) is 5.89 Å². The second-order valence-corrected chi connectivity index (χ2v) is 2.87. The SMILES string of the molecule is Nc1cccc2oc(CC(=O)O)nc12. The van der Waals surface area contributed by atoms with Gasteiger partial charge in [0.1, 0.15) is 11.9 Å². The molecule has 0 bridgehead atoms. The zero-order valence-electron chi connectivity index (χ0n) is 7.23. The molecule has 0 spiro atoms. The Labute approximate surface area is 79.2 Å². The van der Waals surface area contributed by atoms with E-state index in [-0.39, 0.29) is 12.3 Å². The molecule has 0 saturated heterocycles. The van der Waals surface area contributed by atoms with E-state index in [0.29, 0.717) is 16.8 Å². The van der Waals surface area contributed by atoms with E-state index in [9.17, 15) is 4.79 Å². The Morgan fingerprint density at radius 3 is 3.00 bits per heavy atom. The first kappa shape index (κ1) is 8.55. The van der Waals surface area contributed by atoms with Crippen molar-refractivity contribution in [2.75, 3.05) is 5.73 Å². The number of aliphatic carboxylic acids is 1. The summed E-state index contributed by atoms with van der Waals surface area (Å²) in [4.78, 5) is 14.4. The molecule has 0 atom stereocenters. The summed E-state index contributed by atoms with van der Waals surface area (Å²) >= 11 is 0. The molecule has 0 amide bonds. The fourth-order valence-corrected chi connectivity index (χ4v) is 1.22. The van der Waals surface area contributed by atoms with Crippen LogP contribution in [0.25, 0.3) is 11.1 Å². The number of rotatable bonds is 2. The highest BCUT2D eigenvalue weighted by Gasteiger charge is 2.10. The second-order valence-electron chi connectivity index (χ2n) is 2.87. The summed E-state index contributed by atoms with van der Waals surface area (Å²) in [6.07, 6.45) is -0.228. The molecule has 0 fully saturated rings. The largest absolute Gasteiger partial charge is 0.481 e. The fourth-order valence-electron chi connectivity index (χ4n) is 1.22. The number of aromatic nitrogens is 1. The van der Waals surface area contributed by atoms with Crippen molar-refractivity contribution in [1.82, 2.24) is 4.98 Å². The summed E-state index contributed by atoms with van der Waals surface area (Å²) in [6.45, 7) is 0. The number of nitrogens with zero attached hydrogens (tertiary/aromatic N) is 1. The van der Waals surface area contributed by atoms with Gasteiger partial charge in [-0.1, -0.05) is 6.07 Å². The predicted molar refractivity (Wildman–Crippen MR) is 49.8 cm³/mol. The van der Waals surface area contributed by atoms with Crippen LogP contribution in [-0.2, 0) is 11.2 Å².